The smallest absolute Gasteiger partial charge is 0.224 e. The summed E-state index contributed by atoms with van der Waals surface area (Å²) in [4.78, 5) is 0. The lowest BCUT2D eigenvalue weighted by Gasteiger charge is -2.23. The van der Waals surface area contributed by atoms with Gasteiger partial charge in [0.2, 0.25) is 5.52 Å². The van der Waals surface area contributed by atoms with Crippen molar-refractivity contribution in [1.82, 2.24) is 4.40 Å². The number of rotatable bonds is 4. The largest absolute Gasteiger partial charge is 0.307 e. The molecule has 4 aromatic carbocycles. The standard InChI is InChI=1S/C37H36IN2/c1-22-26-11-7-8-12-27(26)30(21-37(2,3)38)35-32(22)36-33-25(17-18-39(36)4)14-16-29-28-15-13-24(19-23-9-5-6-10-23)20-31(28)40(35)34(29)33/h7-8,11-18,20,23H,5-6,9-10,19,21H2,1-4H3/q+1. The van der Waals surface area contributed by atoms with Gasteiger partial charge in [0.1, 0.15) is 7.05 Å². The SMILES string of the molecule is Cc1c2ccccc2c(CC(C)(C)I)c2c1c1c3c(ccc4c5ccc(CC6CCCC6)cc5n2c43)cc[n+]1C. The zero-order chi connectivity index (χ0) is 27.3. The van der Waals surface area contributed by atoms with Gasteiger partial charge in [-0.2, -0.15) is 0 Å². The van der Waals surface area contributed by atoms with Crippen LogP contribution in [0, 0.1) is 12.8 Å². The molecule has 0 aliphatic heterocycles. The Morgan fingerprint density at radius 3 is 2.40 bits per heavy atom. The molecule has 3 heterocycles. The van der Waals surface area contributed by atoms with Crippen molar-refractivity contribution in [3.05, 3.63) is 83.6 Å². The topological polar surface area (TPSA) is 8.29 Å². The van der Waals surface area contributed by atoms with E-state index < -0.39 is 0 Å². The first-order chi connectivity index (χ1) is 19.3. The lowest BCUT2D eigenvalue weighted by molar-refractivity contribution is -0.643. The highest BCUT2D eigenvalue weighted by Crippen LogP contribution is 2.45. The lowest BCUT2D eigenvalue weighted by Crippen LogP contribution is -2.29. The predicted octanol–water partition coefficient (Wildman–Crippen LogP) is 9.76. The fourth-order valence-electron chi connectivity index (χ4n) is 8.01. The zero-order valence-corrected chi connectivity index (χ0v) is 26.1. The first-order valence-electron chi connectivity index (χ1n) is 14.9. The summed E-state index contributed by atoms with van der Waals surface area (Å²) in [6, 6.07) is 23.5. The number of halogens is 1. The van der Waals surface area contributed by atoms with Crippen LogP contribution in [0.1, 0.15) is 56.2 Å². The second-order valence-electron chi connectivity index (χ2n) is 13.0. The Morgan fingerprint density at radius 2 is 1.62 bits per heavy atom. The van der Waals surface area contributed by atoms with Crippen LogP contribution in [-0.2, 0) is 19.9 Å². The van der Waals surface area contributed by atoms with Crippen LogP contribution in [0.5, 0.6) is 0 Å². The van der Waals surface area contributed by atoms with Gasteiger partial charge in [-0.15, -0.1) is 0 Å². The number of aryl methyl sites for hydroxylation is 2. The Bertz CT molecular complexity index is 2120. The van der Waals surface area contributed by atoms with E-state index in [1.165, 1.54) is 109 Å². The molecule has 0 N–H and O–H groups in total. The van der Waals surface area contributed by atoms with Gasteiger partial charge in [-0.05, 0) is 64.6 Å². The van der Waals surface area contributed by atoms with Gasteiger partial charge in [-0.3, -0.25) is 0 Å². The molecule has 0 saturated heterocycles. The average molecular weight is 636 g/mol. The van der Waals surface area contributed by atoms with Gasteiger partial charge >= 0.3 is 0 Å². The molecule has 3 heteroatoms. The van der Waals surface area contributed by atoms with Crippen LogP contribution in [0.3, 0.4) is 0 Å². The molecule has 1 aliphatic rings. The third-order valence-corrected chi connectivity index (χ3v) is 10.1. The highest BCUT2D eigenvalue weighted by molar-refractivity contribution is 14.1. The maximum absolute atomic E-state index is 2.69. The second-order valence-corrected chi connectivity index (χ2v) is 15.9. The van der Waals surface area contributed by atoms with Crippen LogP contribution in [-0.4, -0.2) is 7.82 Å². The Morgan fingerprint density at radius 1 is 0.875 bits per heavy atom. The highest BCUT2D eigenvalue weighted by atomic mass is 127. The van der Waals surface area contributed by atoms with Gasteiger partial charge in [0.05, 0.1) is 27.3 Å². The molecular formula is C37H36IN2+. The maximum atomic E-state index is 2.69. The summed E-state index contributed by atoms with van der Waals surface area (Å²) < 4.78 is 5.18. The molecule has 1 saturated carbocycles. The minimum atomic E-state index is 0.129. The normalized spacial score (nSPS) is 15.3. The van der Waals surface area contributed by atoms with Crippen molar-refractivity contribution in [2.45, 2.75) is 62.7 Å². The van der Waals surface area contributed by atoms with Crippen LogP contribution in [0.25, 0.3) is 59.8 Å². The molecule has 0 atom stereocenters. The molecular weight excluding hydrogens is 599 g/mol. The van der Waals surface area contributed by atoms with Crippen molar-refractivity contribution >= 4 is 82.4 Å². The summed E-state index contributed by atoms with van der Waals surface area (Å²) >= 11 is 2.65. The molecule has 8 rings (SSSR count). The predicted molar refractivity (Wildman–Crippen MR) is 179 cm³/mol. The summed E-state index contributed by atoms with van der Waals surface area (Å²) in [6.07, 6.45) is 10.0. The quantitative estimate of drug-likeness (QED) is 0.0599. The minimum Gasteiger partial charge on any atom is -0.307 e. The number of pyridine rings is 2. The van der Waals surface area contributed by atoms with Crippen molar-refractivity contribution in [3.8, 4) is 0 Å². The van der Waals surface area contributed by atoms with Crippen molar-refractivity contribution in [2.24, 2.45) is 13.0 Å². The van der Waals surface area contributed by atoms with E-state index in [9.17, 15) is 0 Å². The Hall–Kier alpha value is -2.92. The fraction of sp³-hybridized carbons (Fsp3) is 0.324. The van der Waals surface area contributed by atoms with Crippen molar-refractivity contribution in [3.63, 3.8) is 0 Å². The Labute approximate surface area is 249 Å². The fourth-order valence-corrected chi connectivity index (χ4v) is 8.39. The molecule has 40 heavy (non-hydrogen) atoms. The third kappa shape index (κ3) is 3.55. The maximum Gasteiger partial charge on any atom is 0.224 e. The second kappa shape index (κ2) is 8.79. The number of nitrogens with zero attached hydrogens (tertiary/aromatic N) is 2. The van der Waals surface area contributed by atoms with Crippen LogP contribution in [0.2, 0.25) is 0 Å². The summed E-state index contributed by atoms with van der Waals surface area (Å²) in [5.41, 5.74) is 9.87. The number of alkyl halides is 1. The van der Waals surface area contributed by atoms with Crippen molar-refractivity contribution in [1.29, 1.82) is 0 Å². The summed E-state index contributed by atoms with van der Waals surface area (Å²) in [6.45, 7) is 7.09. The van der Waals surface area contributed by atoms with E-state index in [4.69, 9.17) is 0 Å². The minimum absolute atomic E-state index is 0.129. The van der Waals surface area contributed by atoms with Gasteiger partial charge in [0, 0.05) is 20.3 Å². The third-order valence-electron chi connectivity index (χ3n) is 9.70. The molecule has 1 fully saturated rings. The average Bonchev–Trinajstić information content (AvgIpc) is 3.56. The van der Waals surface area contributed by atoms with E-state index in [1.807, 2.05) is 0 Å². The first kappa shape index (κ1) is 24.8. The lowest BCUT2D eigenvalue weighted by atomic mass is 9.89. The number of fused-ring (bicyclic) bond motifs is 7. The zero-order valence-electron chi connectivity index (χ0n) is 23.9. The van der Waals surface area contributed by atoms with E-state index in [0.717, 1.165) is 12.3 Å². The molecule has 0 spiro atoms. The van der Waals surface area contributed by atoms with E-state index >= 15 is 0 Å². The van der Waals surface area contributed by atoms with Gasteiger partial charge in [0.15, 0.2) is 6.20 Å². The van der Waals surface area contributed by atoms with Crippen molar-refractivity contribution < 1.29 is 4.57 Å². The molecule has 0 amide bonds. The van der Waals surface area contributed by atoms with Gasteiger partial charge in [-0.25, -0.2) is 4.57 Å². The number of hydrogen-bond donors (Lipinski definition) is 0. The Balaban J connectivity index is 1.65. The van der Waals surface area contributed by atoms with Crippen LogP contribution in [0.4, 0.5) is 0 Å². The van der Waals surface area contributed by atoms with Gasteiger partial charge < -0.3 is 4.40 Å². The molecule has 200 valence electrons. The van der Waals surface area contributed by atoms with Crippen LogP contribution >= 0.6 is 22.6 Å². The van der Waals surface area contributed by atoms with Gasteiger partial charge in [0.25, 0.3) is 0 Å². The van der Waals surface area contributed by atoms with E-state index in [2.05, 4.69) is 126 Å². The van der Waals surface area contributed by atoms with Gasteiger partial charge in [-0.1, -0.05) is 111 Å². The molecule has 0 bridgehead atoms. The van der Waals surface area contributed by atoms with Crippen LogP contribution < -0.4 is 4.57 Å². The summed E-state index contributed by atoms with van der Waals surface area (Å²) in [5, 5.41) is 9.65. The molecule has 3 aromatic heterocycles. The summed E-state index contributed by atoms with van der Waals surface area (Å²) in [5.74, 6) is 0.837. The van der Waals surface area contributed by atoms with E-state index in [0.29, 0.717) is 0 Å². The van der Waals surface area contributed by atoms with Crippen molar-refractivity contribution in [2.75, 3.05) is 0 Å². The highest BCUT2D eigenvalue weighted by Gasteiger charge is 2.29. The molecule has 1 aliphatic carbocycles. The Kier molecular flexibility index (Phi) is 5.46. The number of aromatic nitrogens is 2. The summed E-state index contributed by atoms with van der Waals surface area (Å²) in [7, 11) is 2.23. The molecule has 2 nitrogen and oxygen atoms in total. The monoisotopic (exact) mass is 635 g/mol. The molecule has 0 radical (unpaired) electrons. The molecule has 7 aromatic rings. The van der Waals surface area contributed by atoms with Crippen LogP contribution in [0.15, 0.2) is 66.9 Å². The number of hydrogen-bond acceptors (Lipinski definition) is 0. The first-order valence-corrected chi connectivity index (χ1v) is 16.0. The molecule has 0 unspecified atom stereocenters. The van der Waals surface area contributed by atoms with E-state index in [-0.39, 0.29) is 3.42 Å². The van der Waals surface area contributed by atoms with E-state index in [1.54, 1.807) is 0 Å². The number of benzene rings is 4.